The second-order valence-corrected chi connectivity index (χ2v) is 21.3. The molecule has 394 valence electrons. The maximum atomic E-state index is 14.6. The number of fused-ring (bicyclic) bond motifs is 4. The van der Waals surface area contributed by atoms with E-state index in [1.54, 1.807) is 14.0 Å². The molecule has 2 aromatic carbocycles. The number of aromatic nitrogens is 1. The van der Waals surface area contributed by atoms with Crippen molar-refractivity contribution in [3.05, 3.63) is 89.7 Å². The van der Waals surface area contributed by atoms with Gasteiger partial charge in [-0.05, 0) is 137 Å². The summed E-state index contributed by atoms with van der Waals surface area (Å²) in [4.78, 5) is 58.8. The van der Waals surface area contributed by atoms with Crippen LogP contribution in [0.25, 0.3) is 10.9 Å². The second-order valence-electron chi connectivity index (χ2n) is 21.3. The fourth-order valence-corrected chi connectivity index (χ4v) is 11.8. The normalized spacial score (nSPS) is 34.2. The number of rotatable bonds is 10. The maximum absolute atomic E-state index is 14.6. The number of carbonyl (C=O) groups excluding carboxylic acids is 4. The summed E-state index contributed by atoms with van der Waals surface area (Å²) >= 11 is 0. The van der Waals surface area contributed by atoms with Gasteiger partial charge in [0, 0.05) is 69.8 Å². The fourth-order valence-electron chi connectivity index (χ4n) is 11.8. The predicted octanol–water partition coefficient (Wildman–Crippen LogP) is 8.56. The molecule has 1 amide bonds. The van der Waals surface area contributed by atoms with Crippen molar-refractivity contribution in [3.8, 4) is 5.75 Å². The van der Waals surface area contributed by atoms with E-state index in [4.69, 9.17) is 28.4 Å². The molecule has 7 rings (SSSR count). The SMILES string of the molecule is CCC1C=C(C)C(O)C(C)CC(OC)C2OC(O)(C(=O)C(=O)N3CCCCC3C(=O)OC(C(C)=CC3CCC(Oc4ccc5c(ccn5Cc5ccccc5)c4)C(OC)C3)C(C)CCC1=O)C(C)CC2OC. The summed E-state index contributed by atoms with van der Waals surface area (Å²) in [5.74, 6) is -6.52. The summed E-state index contributed by atoms with van der Waals surface area (Å²) in [5.41, 5.74) is 3.82. The highest BCUT2D eigenvalue weighted by Crippen LogP contribution is 2.40. The molecule has 4 heterocycles. The lowest BCUT2D eigenvalue weighted by Gasteiger charge is -2.47. The van der Waals surface area contributed by atoms with Gasteiger partial charge in [0.15, 0.2) is 0 Å². The standard InChI is InChI=1S/C58H80N2O12/c1-10-42-29-36(3)52(62)37(4)30-50(68-8)54-51(69-9)31-39(6)58(66,72-54)55(63)56(64)60-26-15-14-18-46(60)57(65)71-53(35(2)19-23-47(42)61)38(5)28-41-20-24-48(49(32-41)67-7)70-44-21-22-45-43(33-44)25-27-59(45)34-40-16-12-11-13-17-40/h11-13,16-17,21-22,25,27-29,33,35,37,39,41-42,46,48-54,62,66H,10,14-15,18-20,23-24,26,30-32,34H2,1-9H3. The van der Waals surface area contributed by atoms with Gasteiger partial charge in [-0.25, -0.2) is 4.79 Å². The van der Waals surface area contributed by atoms with E-state index in [0.717, 1.165) is 41.6 Å². The number of hydrogen-bond donors (Lipinski definition) is 2. The Balaban J connectivity index is 1.13. The number of benzene rings is 2. The zero-order valence-electron chi connectivity index (χ0n) is 44.0. The number of methoxy groups -OCH3 is 3. The number of Topliss-reactive ketones (excluding diaryl/α,β-unsaturated/α-hetero) is 2. The zero-order chi connectivity index (χ0) is 51.9. The Labute approximate surface area is 426 Å². The molecule has 3 aromatic rings. The number of allylic oxidation sites excluding steroid dienone is 2. The van der Waals surface area contributed by atoms with Crippen molar-refractivity contribution in [3.63, 3.8) is 0 Å². The Morgan fingerprint density at radius 1 is 0.847 bits per heavy atom. The van der Waals surface area contributed by atoms with E-state index >= 15 is 0 Å². The highest BCUT2D eigenvalue weighted by atomic mass is 16.7. The van der Waals surface area contributed by atoms with Gasteiger partial charge in [-0.15, -0.1) is 0 Å². The second kappa shape index (κ2) is 24.6. The van der Waals surface area contributed by atoms with Crippen LogP contribution < -0.4 is 4.74 Å². The lowest BCUT2D eigenvalue weighted by molar-refractivity contribution is -0.302. The van der Waals surface area contributed by atoms with Gasteiger partial charge in [-0.1, -0.05) is 70.2 Å². The Morgan fingerprint density at radius 3 is 2.28 bits per heavy atom. The lowest BCUT2D eigenvalue weighted by Crippen LogP contribution is -2.64. The Hall–Kier alpha value is -4.70. The van der Waals surface area contributed by atoms with Crippen molar-refractivity contribution >= 4 is 34.3 Å². The highest BCUT2D eigenvalue weighted by molar-refractivity contribution is 6.39. The number of nitrogens with zero attached hydrogens (tertiary/aromatic N) is 2. The Kier molecular flexibility index (Phi) is 18.8. The third-order valence-electron chi connectivity index (χ3n) is 16.2. The smallest absolute Gasteiger partial charge is 0.329 e. The van der Waals surface area contributed by atoms with Gasteiger partial charge in [0.1, 0.15) is 35.9 Å². The third kappa shape index (κ3) is 12.4. The van der Waals surface area contributed by atoms with Crippen LogP contribution >= 0.6 is 0 Å². The first-order valence-electron chi connectivity index (χ1n) is 26.4. The minimum Gasteiger partial charge on any atom is -0.488 e. The van der Waals surface area contributed by atoms with E-state index in [0.29, 0.717) is 37.7 Å². The number of amides is 1. The maximum Gasteiger partial charge on any atom is 0.329 e. The molecule has 3 aliphatic heterocycles. The van der Waals surface area contributed by atoms with Crippen LogP contribution in [0.1, 0.15) is 118 Å². The molecule has 3 fully saturated rings. The molecule has 1 saturated carbocycles. The molecular formula is C58H80N2O12. The van der Waals surface area contributed by atoms with Gasteiger partial charge in [0.25, 0.3) is 11.7 Å². The molecule has 2 N–H and O–H groups in total. The van der Waals surface area contributed by atoms with Crippen molar-refractivity contribution in [1.29, 1.82) is 0 Å². The number of aliphatic hydroxyl groups excluding tert-OH is 1. The molecule has 0 radical (unpaired) electrons. The highest BCUT2D eigenvalue weighted by Gasteiger charge is 2.57. The van der Waals surface area contributed by atoms with Gasteiger partial charge < -0.3 is 48.1 Å². The van der Waals surface area contributed by atoms with Gasteiger partial charge in [-0.3, -0.25) is 14.4 Å². The van der Waals surface area contributed by atoms with Crippen LogP contribution in [0, 0.1) is 29.6 Å². The Morgan fingerprint density at radius 2 is 1.57 bits per heavy atom. The average molecular weight is 997 g/mol. The molecule has 2 bridgehead atoms. The van der Waals surface area contributed by atoms with Crippen LogP contribution in [0.2, 0.25) is 0 Å². The summed E-state index contributed by atoms with van der Waals surface area (Å²) in [6.45, 7) is 12.1. The van der Waals surface area contributed by atoms with Crippen LogP contribution in [0.15, 0.2) is 84.1 Å². The Bertz CT molecular complexity index is 2400. The number of piperidine rings is 1. The fraction of sp³-hybridized carbons (Fsp3) is 0.621. The van der Waals surface area contributed by atoms with Crippen LogP contribution in [0.5, 0.6) is 5.75 Å². The summed E-state index contributed by atoms with van der Waals surface area (Å²) in [5, 5.41) is 24.9. The largest absolute Gasteiger partial charge is 0.488 e. The van der Waals surface area contributed by atoms with Gasteiger partial charge in [-0.2, -0.15) is 0 Å². The number of esters is 1. The molecular weight excluding hydrogens is 917 g/mol. The van der Waals surface area contributed by atoms with E-state index < -0.39 is 77.8 Å². The number of ether oxygens (including phenoxy) is 6. The third-order valence-corrected chi connectivity index (χ3v) is 16.2. The molecule has 1 aliphatic carbocycles. The molecule has 1 aromatic heterocycles. The van der Waals surface area contributed by atoms with Gasteiger partial charge in [0.2, 0.25) is 5.79 Å². The minimum absolute atomic E-state index is 0.0237. The monoisotopic (exact) mass is 997 g/mol. The van der Waals surface area contributed by atoms with Crippen molar-refractivity contribution in [2.45, 2.75) is 173 Å². The van der Waals surface area contributed by atoms with E-state index in [9.17, 15) is 29.4 Å². The summed E-state index contributed by atoms with van der Waals surface area (Å²) in [6, 6.07) is 17.6. The van der Waals surface area contributed by atoms with E-state index in [2.05, 4.69) is 59.3 Å². The number of aliphatic hydroxyl groups is 2. The van der Waals surface area contributed by atoms with Gasteiger partial charge in [0.05, 0.1) is 24.4 Å². The summed E-state index contributed by atoms with van der Waals surface area (Å²) < 4.78 is 39.5. The minimum atomic E-state index is -2.55. The van der Waals surface area contributed by atoms with E-state index in [1.165, 1.54) is 24.7 Å². The van der Waals surface area contributed by atoms with Crippen molar-refractivity contribution in [1.82, 2.24) is 9.47 Å². The number of hydrogen-bond acceptors (Lipinski definition) is 12. The van der Waals surface area contributed by atoms with E-state index in [-0.39, 0.29) is 62.1 Å². The summed E-state index contributed by atoms with van der Waals surface area (Å²) in [7, 11) is 4.70. The first-order chi connectivity index (χ1) is 34.5. The van der Waals surface area contributed by atoms with Crippen LogP contribution in [-0.2, 0) is 49.4 Å². The molecule has 0 spiro atoms. The van der Waals surface area contributed by atoms with Crippen LogP contribution in [-0.4, -0.2) is 126 Å². The van der Waals surface area contributed by atoms with Crippen molar-refractivity contribution in [2.24, 2.45) is 29.6 Å². The summed E-state index contributed by atoms with van der Waals surface area (Å²) in [6.07, 6.45) is 6.91. The first-order valence-corrected chi connectivity index (χ1v) is 26.4. The molecule has 2 saturated heterocycles. The first kappa shape index (κ1) is 55.1. The molecule has 14 nitrogen and oxygen atoms in total. The van der Waals surface area contributed by atoms with Crippen molar-refractivity contribution in [2.75, 3.05) is 27.9 Å². The van der Waals surface area contributed by atoms with Crippen LogP contribution in [0.3, 0.4) is 0 Å². The van der Waals surface area contributed by atoms with E-state index in [1.807, 2.05) is 52.8 Å². The molecule has 72 heavy (non-hydrogen) atoms. The molecule has 14 unspecified atom stereocenters. The number of ketones is 2. The molecule has 14 atom stereocenters. The zero-order valence-corrected chi connectivity index (χ0v) is 44.0. The number of cyclic esters (lactones) is 1. The van der Waals surface area contributed by atoms with Gasteiger partial charge >= 0.3 is 5.97 Å². The lowest BCUT2D eigenvalue weighted by atomic mass is 9.81. The quantitative estimate of drug-likeness (QED) is 0.113. The van der Waals surface area contributed by atoms with Crippen LogP contribution in [0.4, 0.5) is 0 Å². The predicted molar refractivity (Wildman–Crippen MR) is 274 cm³/mol. The van der Waals surface area contributed by atoms with Crippen molar-refractivity contribution < 1.29 is 57.8 Å². The number of carbonyl (C=O) groups is 4. The average Bonchev–Trinajstić information content (AvgIpc) is 3.79. The molecule has 4 aliphatic rings. The topological polar surface area (TPSA) is 172 Å². The molecule has 14 heteroatoms.